The van der Waals surface area contributed by atoms with Gasteiger partial charge in [0.1, 0.15) is 5.75 Å². The second kappa shape index (κ2) is 8.39. The van der Waals surface area contributed by atoms with E-state index in [1.54, 1.807) is 0 Å². The summed E-state index contributed by atoms with van der Waals surface area (Å²) < 4.78 is 5.59. The quantitative estimate of drug-likeness (QED) is 0.661. The number of carbonyl (C=O) groups is 1. The Labute approximate surface area is 136 Å². The monoisotopic (exact) mass is 316 g/mol. The van der Waals surface area contributed by atoms with Crippen LogP contribution in [0.1, 0.15) is 18.9 Å². The molecule has 1 heterocycles. The maximum Gasteiger partial charge on any atom is 0.306 e. The molecule has 0 aliphatic carbocycles. The number of H-pyrrole nitrogens is 1. The van der Waals surface area contributed by atoms with E-state index in [1.807, 2.05) is 24.4 Å². The molecule has 5 heteroatoms. The van der Waals surface area contributed by atoms with Gasteiger partial charge in [0.25, 0.3) is 0 Å². The van der Waals surface area contributed by atoms with Crippen LogP contribution in [0.15, 0.2) is 37.1 Å². The maximum absolute atomic E-state index is 10.6. The summed E-state index contributed by atoms with van der Waals surface area (Å²) in [6, 6.07) is 5.87. The van der Waals surface area contributed by atoms with Gasteiger partial charge in [-0.2, -0.15) is 0 Å². The van der Waals surface area contributed by atoms with E-state index in [9.17, 15) is 4.79 Å². The summed E-state index contributed by atoms with van der Waals surface area (Å²) in [4.78, 5) is 16.2. The number of ether oxygens (including phenoxy) is 1. The minimum atomic E-state index is -0.855. The zero-order valence-corrected chi connectivity index (χ0v) is 13.5. The first-order valence-electron chi connectivity index (χ1n) is 7.92. The zero-order chi connectivity index (χ0) is 16.7. The number of para-hydroxylation sites is 1. The van der Waals surface area contributed by atoms with Crippen molar-refractivity contribution in [1.29, 1.82) is 0 Å². The fraction of sp³-hybridized carbons (Fsp3) is 0.389. The number of aromatic nitrogens is 1. The van der Waals surface area contributed by atoms with Crippen LogP contribution in [0, 0.1) is 0 Å². The molecule has 0 saturated heterocycles. The van der Waals surface area contributed by atoms with Crippen molar-refractivity contribution >= 4 is 16.9 Å². The van der Waals surface area contributed by atoms with Crippen molar-refractivity contribution in [2.24, 2.45) is 0 Å². The highest BCUT2D eigenvalue weighted by molar-refractivity contribution is 5.88. The van der Waals surface area contributed by atoms with Gasteiger partial charge < -0.3 is 14.8 Å². The summed E-state index contributed by atoms with van der Waals surface area (Å²) in [5.41, 5.74) is 2.17. The molecule has 0 amide bonds. The van der Waals surface area contributed by atoms with Crippen LogP contribution in [0.2, 0.25) is 0 Å². The Balaban J connectivity index is 2.08. The van der Waals surface area contributed by atoms with E-state index >= 15 is 0 Å². The molecule has 0 saturated carbocycles. The second-order valence-electron chi connectivity index (χ2n) is 5.42. The molecule has 2 N–H and O–H groups in total. The first-order valence-corrected chi connectivity index (χ1v) is 7.92. The molecule has 0 fully saturated rings. The van der Waals surface area contributed by atoms with Crippen molar-refractivity contribution in [3.05, 3.63) is 42.6 Å². The fourth-order valence-electron chi connectivity index (χ4n) is 2.60. The van der Waals surface area contributed by atoms with Gasteiger partial charge in [-0.15, -0.1) is 6.58 Å². The number of fused-ring (bicyclic) bond motifs is 1. The molecule has 23 heavy (non-hydrogen) atoms. The van der Waals surface area contributed by atoms with Gasteiger partial charge in [-0.3, -0.25) is 9.69 Å². The molecular formula is C18H24N2O3. The van der Waals surface area contributed by atoms with E-state index in [0.29, 0.717) is 5.75 Å². The largest absolute Gasteiger partial charge is 0.491 e. The zero-order valence-electron chi connectivity index (χ0n) is 13.5. The third-order valence-corrected chi connectivity index (χ3v) is 3.87. The third-order valence-electron chi connectivity index (χ3n) is 3.87. The van der Waals surface area contributed by atoms with Crippen LogP contribution >= 0.6 is 0 Å². The van der Waals surface area contributed by atoms with Crippen LogP contribution in [0.3, 0.4) is 0 Å². The average Bonchev–Trinajstić information content (AvgIpc) is 2.95. The van der Waals surface area contributed by atoms with Crippen molar-refractivity contribution in [3.8, 4) is 5.75 Å². The Kier molecular flexibility index (Phi) is 6.23. The number of hydrogen-bond acceptors (Lipinski definition) is 3. The van der Waals surface area contributed by atoms with E-state index in [-0.39, 0.29) is 13.0 Å². The molecule has 124 valence electrons. The highest BCUT2D eigenvalue weighted by atomic mass is 16.5. The number of nitrogens with zero attached hydrogens (tertiary/aromatic N) is 1. The summed E-state index contributed by atoms with van der Waals surface area (Å²) in [6.45, 7) is 8.97. The summed E-state index contributed by atoms with van der Waals surface area (Å²) in [6.07, 6.45) is 4.88. The van der Waals surface area contributed by atoms with E-state index < -0.39 is 5.97 Å². The van der Waals surface area contributed by atoms with Crippen LogP contribution in [0.4, 0.5) is 0 Å². The number of carboxylic acids is 1. The molecule has 5 nitrogen and oxygen atoms in total. The van der Waals surface area contributed by atoms with Gasteiger partial charge in [-0.25, -0.2) is 0 Å². The lowest BCUT2D eigenvalue weighted by atomic mass is 10.1. The molecule has 0 bridgehead atoms. The van der Waals surface area contributed by atoms with Crippen LogP contribution in [-0.2, 0) is 11.2 Å². The molecule has 2 aromatic rings. The molecule has 0 atom stereocenters. The molecule has 0 radical (unpaired) electrons. The van der Waals surface area contributed by atoms with Gasteiger partial charge in [0.05, 0.1) is 18.5 Å². The van der Waals surface area contributed by atoms with Crippen molar-refractivity contribution < 1.29 is 14.6 Å². The molecule has 0 spiro atoms. The first kappa shape index (κ1) is 17.1. The number of carboxylic acid groups (broad SMARTS) is 1. The fourth-order valence-corrected chi connectivity index (χ4v) is 2.60. The van der Waals surface area contributed by atoms with E-state index in [4.69, 9.17) is 9.84 Å². The molecule has 0 aliphatic heterocycles. The summed E-state index contributed by atoms with van der Waals surface area (Å²) in [5.74, 6) is -0.153. The van der Waals surface area contributed by atoms with Crippen LogP contribution in [0.25, 0.3) is 10.9 Å². The topological polar surface area (TPSA) is 65.6 Å². The number of benzene rings is 1. The minimum absolute atomic E-state index is 0.00301. The van der Waals surface area contributed by atoms with E-state index in [1.165, 1.54) is 5.56 Å². The lowest BCUT2D eigenvalue weighted by Gasteiger charge is -2.17. The number of likely N-dealkylation sites (N-methyl/N-ethyl adjacent to an activating group) is 1. The number of rotatable bonds is 10. The molecule has 1 aromatic heterocycles. The van der Waals surface area contributed by atoms with Gasteiger partial charge in [0.2, 0.25) is 0 Å². The van der Waals surface area contributed by atoms with Crippen LogP contribution in [0.5, 0.6) is 5.75 Å². The first-order chi connectivity index (χ1) is 11.2. The Hall–Kier alpha value is -2.27. The Morgan fingerprint density at radius 3 is 3.00 bits per heavy atom. The number of nitrogens with one attached hydrogen (secondary N) is 1. The minimum Gasteiger partial charge on any atom is -0.491 e. The highest BCUT2D eigenvalue weighted by Gasteiger charge is 2.10. The molecule has 0 aliphatic rings. The normalized spacial score (nSPS) is 11.0. The van der Waals surface area contributed by atoms with Crippen molar-refractivity contribution in [3.63, 3.8) is 0 Å². The lowest BCUT2D eigenvalue weighted by Crippen LogP contribution is -2.25. The summed E-state index contributed by atoms with van der Waals surface area (Å²) in [7, 11) is 0. The third kappa shape index (κ3) is 4.60. The van der Waals surface area contributed by atoms with Crippen molar-refractivity contribution in [1.82, 2.24) is 9.88 Å². The molecular weight excluding hydrogens is 292 g/mol. The predicted molar refractivity (Wildman–Crippen MR) is 92.1 cm³/mol. The van der Waals surface area contributed by atoms with E-state index in [2.05, 4.69) is 29.5 Å². The Morgan fingerprint density at radius 1 is 1.48 bits per heavy atom. The summed E-state index contributed by atoms with van der Waals surface area (Å²) >= 11 is 0. The lowest BCUT2D eigenvalue weighted by molar-refractivity contribution is -0.137. The number of aromatic amines is 1. The van der Waals surface area contributed by atoms with Crippen molar-refractivity contribution in [2.45, 2.75) is 19.8 Å². The number of aliphatic carboxylic acids is 1. The second-order valence-corrected chi connectivity index (χ2v) is 5.42. The standard InChI is InChI=1S/C18H24N2O3/c1-3-10-20(4-2)11-8-14-13-19-18-15(14)6-5-7-16(18)23-12-9-17(21)22/h3,5-7,13,19H,1,4,8-12H2,2H3,(H,21,22). The van der Waals surface area contributed by atoms with Crippen LogP contribution in [-0.4, -0.2) is 47.2 Å². The maximum atomic E-state index is 10.6. The Morgan fingerprint density at radius 2 is 2.30 bits per heavy atom. The predicted octanol–water partition coefficient (Wildman–Crippen LogP) is 3.07. The highest BCUT2D eigenvalue weighted by Crippen LogP contribution is 2.27. The average molecular weight is 316 g/mol. The van der Waals surface area contributed by atoms with Gasteiger partial charge in [-0.05, 0) is 24.6 Å². The molecule has 1 aromatic carbocycles. The van der Waals surface area contributed by atoms with Gasteiger partial charge in [0.15, 0.2) is 0 Å². The molecule has 0 unspecified atom stereocenters. The number of hydrogen-bond donors (Lipinski definition) is 2. The SMILES string of the molecule is C=CCN(CC)CCc1c[nH]c2c(OCCC(=O)O)cccc12. The van der Waals surface area contributed by atoms with Gasteiger partial charge in [0, 0.05) is 24.7 Å². The molecule has 2 rings (SSSR count). The van der Waals surface area contributed by atoms with Gasteiger partial charge >= 0.3 is 5.97 Å². The van der Waals surface area contributed by atoms with Crippen molar-refractivity contribution in [2.75, 3.05) is 26.2 Å². The van der Waals surface area contributed by atoms with Crippen LogP contribution < -0.4 is 4.74 Å². The Bertz CT molecular complexity index is 663. The summed E-state index contributed by atoms with van der Waals surface area (Å²) in [5, 5.41) is 9.83. The smallest absolute Gasteiger partial charge is 0.306 e. The van der Waals surface area contributed by atoms with E-state index in [0.717, 1.165) is 37.0 Å². The van der Waals surface area contributed by atoms with Gasteiger partial charge in [-0.1, -0.05) is 25.1 Å².